The smallest absolute Gasteiger partial charge is 0.253 e. The molecule has 1 unspecified atom stereocenters. The van der Waals surface area contributed by atoms with Crippen molar-refractivity contribution in [3.63, 3.8) is 0 Å². The molecule has 0 aromatic rings. The van der Waals surface area contributed by atoms with Crippen molar-refractivity contribution in [1.29, 1.82) is 0 Å². The fourth-order valence-corrected chi connectivity index (χ4v) is 1.04. The first kappa shape index (κ1) is 8.21. The monoisotopic (exact) mass is 199 g/mol. The van der Waals surface area contributed by atoms with Crippen molar-refractivity contribution in [3.8, 4) is 0 Å². The second kappa shape index (κ2) is 2.62. The molecule has 0 aromatic carbocycles. The highest BCUT2D eigenvalue weighted by atomic mass is 35.5. The van der Waals surface area contributed by atoms with Gasteiger partial charge in [0.05, 0.1) is 5.03 Å². The van der Waals surface area contributed by atoms with Gasteiger partial charge in [-0.2, -0.15) is 0 Å². The average molecular weight is 200 g/mol. The van der Waals surface area contributed by atoms with E-state index in [0.717, 1.165) is 0 Å². The van der Waals surface area contributed by atoms with Crippen molar-refractivity contribution in [2.75, 3.05) is 0 Å². The zero-order valence-corrected chi connectivity index (χ0v) is 7.00. The van der Waals surface area contributed by atoms with Crippen molar-refractivity contribution < 1.29 is 5.11 Å². The Labute approximate surface area is 73.1 Å². The van der Waals surface area contributed by atoms with E-state index in [1.54, 1.807) is 0 Å². The predicted molar refractivity (Wildman–Crippen MR) is 41.8 cm³/mol. The number of nitrogens with one attached hydrogen (secondary N) is 1. The van der Waals surface area contributed by atoms with Crippen molar-refractivity contribution in [3.05, 3.63) is 22.3 Å². The lowest BCUT2D eigenvalue weighted by molar-refractivity contribution is 0.149. The largest absolute Gasteiger partial charge is 0.354 e. The Morgan fingerprint density at radius 1 is 1.40 bits per heavy atom. The minimum atomic E-state index is -1.74. The van der Waals surface area contributed by atoms with E-state index in [9.17, 15) is 0 Å². The van der Waals surface area contributed by atoms with Crippen molar-refractivity contribution in [1.82, 2.24) is 5.32 Å². The van der Waals surface area contributed by atoms with Crippen molar-refractivity contribution in [2.45, 2.75) is 5.18 Å². The molecule has 10 heavy (non-hydrogen) atoms. The zero-order chi connectivity index (χ0) is 7.78. The normalized spacial score (nSPS) is 32.4. The molecule has 1 heterocycles. The molecule has 0 saturated heterocycles. The van der Waals surface area contributed by atoms with Gasteiger partial charge in [-0.15, -0.1) is 0 Å². The lowest BCUT2D eigenvalue weighted by atomic mass is 10.3. The van der Waals surface area contributed by atoms with Crippen LogP contribution in [0.15, 0.2) is 22.3 Å². The SMILES string of the molecule is OC1(Cl)NC(Cl)=CC=C1Cl. The van der Waals surface area contributed by atoms with Gasteiger partial charge in [0.2, 0.25) is 0 Å². The predicted octanol–water partition coefficient (Wildman–Crippen LogP) is 1.68. The molecule has 0 amide bonds. The Hall–Kier alpha value is 0.110. The Balaban J connectivity index is 2.89. The van der Waals surface area contributed by atoms with Crippen LogP contribution in [0.2, 0.25) is 0 Å². The minimum absolute atomic E-state index is 0.0959. The number of halogens is 3. The van der Waals surface area contributed by atoms with Crippen LogP contribution >= 0.6 is 34.8 Å². The first-order valence-electron chi connectivity index (χ1n) is 2.45. The molecule has 0 aromatic heterocycles. The maximum Gasteiger partial charge on any atom is 0.253 e. The van der Waals surface area contributed by atoms with Gasteiger partial charge in [0.15, 0.2) is 0 Å². The second-order valence-corrected chi connectivity index (χ2v) is 3.14. The number of aliphatic hydroxyl groups is 1. The standard InChI is InChI=1S/C5H4Cl3NO/c6-3-1-2-4(7)9-5(3,8)10/h1-2,9-10H. The van der Waals surface area contributed by atoms with Gasteiger partial charge >= 0.3 is 0 Å². The summed E-state index contributed by atoms with van der Waals surface area (Å²) in [5.41, 5.74) is 0. The molecule has 56 valence electrons. The maximum atomic E-state index is 9.14. The summed E-state index contributed by atoms with van der Waals surface area (Å²) < 4.78 is 0. The summed E-state index contributed by atoms with van der Waals surface area (Å²) in [6, 6.07) is 0. The average Bonchev–Trinajstić information content (AvgIpc) is 1.78. The Morgan fingerprint density at radius 3 is 2.40 bits per heavy atom. The molecule has 1 aliphatic heterocycles. The van der Waals surface area contributed by atoms with E-state index >= 15 is 0 Å². The van der Waals surface area contributed by atoms with Gasteiger partial charge in [-0.05, 0) is 12.2 Å². The van der Waals surface area contributed by atoms with Crippen LogP contribution in [0.4, 0.5) is 0 Å². The van der Waals surface area contributed by atoms with Crippen LogP contribution in [-0.2, 0) is 0 Å². The summed E-state index contributed by atoms with van der Waals surface area (Å²) in [4.78, 5) is 0. The van der Waals surface area contributed by atoms with E-state index in [2.05, 4.69) is 5.32 Å². The molecule has 5 heteroatoms. The van der Waals surface area contributed by atoms with Gasteiger partial charge in [-0.25, -0.2) is 0 Å². The van der Waals surface area contributed by atoms with Crippen LogP contribution in [0.5, 0.6) is 0 Å². The first-order valence-corrected chi connectivity index (χ1v) is 3.59. The molecular formula is C5H4Cl3NO. The molecule has 1 atom stereocenters. The molecule has 2 nitrogen and oxygen atoms in total. The highest BCUT2D eigenvalue weighted by molar-refractivity contribution is 6.40. The summed E-state index contributed by atoms with van der Waals surface area (Å²) >= 11 is 16.4. The molecule has 2 N–H and O–H groups in total. The molecule has 0 bridgehead atoms. The molecular weight excluding hydrogens is 196 g/mol. The Kier molecular flexibility index (Phi) is 2.15. The van der Waals surface area contributed by atoms with Crippen molar-refractivity contribution in [2.24, 2.45) is 0 Å². The van der Waals surface area contributed by atoms with Crippen LogP contribution in [0.3, 0.4) is 0 Å². The topological polar surface area (TPSA) is 32.3 Å². The van der Waals surface area contributed by atoms with Gasteiger partial charge in [-0.3, -0.25) is 0 Å². The molecule has 0 fully saturated rings. The first-order chi connectivity index (χ1) is 4.52. The van der Waals surface area contributed by atoms with Gasteiger partial charge in [0.25, 0.3) is 5.18 Å². The van der Waals surface area contributed by atoms with E-state index in [1.807, 2.05) is 0 Å². The van der Waals surface area contributed by atoms with E-state index in [0.29, 0.717) is 0 Å². The zero-order valence-electron chi connectivity index (χ0n) is 4.74. The number of alkyl halides is 1. The Morgan fingerprint density at radius 2 is 2.00 bits per heavy atom. The summed E-state index contributed by atoms with van der Waals surface area (Å²) in [5.74, 6) is 0. The summed E-state index contributed by atoms with van der Waals surface area (Å²) in [7, 11) is 0. The molecule has 0 saturated carbocycles. The number of allylic oxidation sites excluding steroid dienone is 2. The molecule has 1 aliphatic rings. The number of rotatable bonds is 0. The minimum Gasteiger partial charge on any atom is -0.354 e. The summed E-state index contributed by atoms with van der Waals surface area (Å²) in [5, 5.41) is 10.1. The second-order valence-electron chi connectivity index (χ2n) is 1.78. The number of dihydropyridines is 1. The molecule has 0 aliphatic carbocycles. The third kappa shape index (κ3) is 1.58. The highest BCUT2D eigenvalue weighted by Crippen LogP contribution is 2.27. The fourth-order valence-electron chi connectivity index (χ4n) is 0.516. The van der Waals surface area contributed by atoms with Gasteiger partial charge < -0.3 is 10.4 Å². The van der Waals surface area contributed by atoms with E-state index in [4.69, 9.17) is 39.9 Å². The summed E-state index contributed by atoms with van der Waals surface area (Å²) in [6.45, 7) is 0. The Bertz CT molecular complexity index is 209. The fraction of sp³-hybridized carbons (Fsp3) is 0.200. The molecule has 1 rings (SSSR count). The maximum absolute atomic E-state index is 9.14. The summed E-state index contributed by atoms with van der Waals surface area (Å²) in [6.07, 6.45) is 2.92. The third-order valence-electron chi connectivity index (χ3n) is 0.978. The third-order valence-corrected chi connectivity index (χ3v) is 1.99. The van der Waals surface area contributed by atoms with Crippen LogP contribution < -0.4 is 5.32 Å². The number of hydrogen-bond donors (Lipinski definition) is 2. The van der Waals surface area contributed by atoms with Crippen LogP contribution in [0.25, 0.3) is 0 Å². The number of hydrogen-bond acceptors (Lipinski definition) is 2. The van der Waals surface area contributed by atoms with Crippen LogP contribution in [0.1, 0.15) is 0 Å². The van der Waals surface area contributed by atoms with Gasteiger partial charge in [0, 0.05) is 0 Å². The van der Waals surface area contributed by atoms with E-state index < -0.39 is 5.18 Å². The lowest BCUT2D eigenvalue weighted by Gasteiger charge is -2.24. The molecule has 0 spiro atoms. The van der Waals surface area contributed by atoms with Crippen molar-refractivity contribution >= 4 is 34.8 Å². The van der Waals surface area contributed by atoms with Crippen LogP contribution in [0, 0.1) is 0 Å². The van der Waals surface area contributed by atoms with Gasteiger partial charge in [-0.1, -0.05) is 34.8 Å². The van der Waals surface area contributed by atoms with E-state index in [-0.39, 0.29) is 10.2 Å². The molecule has 0 radical (unpaired) electrons. The quantitative estimate of drug-likeness (QED) is 0.461. The highest BCUT2D eigenvalue weighted by Gasteiger charge is 2.29. The lowest BCUT2D eigenvalue weighted by Crippen LogP contribution is -2.39. The van der Waals surface area contributed by atoms with Gasteiger partial charge in [0.1, 0.15) is 5.16 Å². The van der Waals surface area contributed by atoms with E-state index in [1.165, 1.54) is 12.2 Å². The van der Waals surface area contributed by atoms with Crippen LogP contribution in [-0.4, -0.2) is 10.3 Å².